The van der Waals surface area contributed by atoms with Crippen molar-refractivity contribution in [2.24, 2.45) is 0 Å². The lowest BCUT2D eigenvalue weighted by atomic mass is 10.3. The topological polar surface area (TPSA) is 90.1 Å². The van der Waals surface area contributed by atoms with Gasteiger partial charge in [0, 0.05) is 6.20 Å². The van der Waals surface area contributed by atoms with Crippen molar-refractivity contribution in [1.82, 2.24) is 28.9 Å². The van der Waals surface area contributed by atoms with Crippen LogP contribution >= 0.6 is 0 Å². The molecule has 5 rings (SSSR count). The smallest absolute Gasteiger partial charge is 0.332 e. The molecule has 1 aromatic carbocycles. The lowest BCUT2D eigenvalue weighted by Gasteiger charge is -2.05. The largest absolute Gasteiger partial charge is 0.497 e. The van der Waals surface area contributed by atoms with Gasteiger partial charge in [-0.25, -0.2) is 24.3 Å². The summed E-state index contributed by atoms with van der Waals surface area (Å²) >= 11 is 0. The number of nitrogens with zero attached hydrogens (tertiary/aromatic N) is 5. The molecule has 0 saturated heterocycles. The Labute approximate surface area is 152 Å². The van der Waals surface area contributed by atoms with Gasteiger partial charge in [-0.2, -0.15) is 0 Å². The van der Waals surface area contributed by atoms with Crippen molar-refractivity contribution in [3.8, 4) is 23.0 Å². The fraction of sp³-hybridized carbons (Fsp3) is 0.0526. The van der Waals surface area contributed by atoms with Crippen LogP contribution in [0.15, 0.2) is 65.8 Å². The quantitative estimate of drug-likeness (QED) is 0.535. The minimum Gasteiger partial charge on any atom is -0.497 e. The molecule has 1 N–H and O–H groups in total. The Morgan fingerprint density at radius 1 is 1.04 bits per heavy atom. The maximum absolute atomic E-state index is 12.5. The molecule has 132 valence electrons. The van der Waals surface area contributed by atoms with Crippen molar-refractivity contribution in [2.75, 3.05) is 7.11 Å². The number of pyridine rings is 1. The summed E-state index contributed by atoms with van der Waals surface area (Å²) in [5.41, 5.74) is 3.03. The molecule has 0 fully saturated rings. The van der Waals surface area contributed by atoms with Gasteiger partial charge in [-0.15, -0.1) is 0 Å². The van der Waals surface area contributed by atoms with Crippen LogP contribution in [0.1, 0.15) is 0 Å². The summed E-state index contributed by atoms with van der Waals surface area (Å²) in [6, 6.07) is 13.0. The Bertz CT molecular complexity index is 1330. The third-order valence-electron chi connectivity index (χ3n) is 4.40. The van der Waals surface area contributed by atoms with Gasteiger partial charge >= 0.3 is 5.69 Å². The van der Waals surface area contributed by atoms with E-state index in [9.17, 15) is 4.79 Å². The van der Waals surface area contributed by atoms with E-state index in [4.69, 9.17) is 4.74 Å². The molecule has 0 unspecified atom stereocenters. The summed E-state index contributed by atoms with van der Waals surface area (Å²) in [6.45, 7) is 0. The van der Waals surface area contributed by atoms with Crippen molar-refractivity contribution in [3.05, 3.63) is 71.5 Å². The van der Waals surface area contributed by atoms with Crippen LogP contribution in [0.4, 0.5) is 0 Å². The second-order valence-corrected chi connectivity index (χ2v) is 5.97. The summed E-state index contributed by atoms with van der Waals surface area (Å²) in [5, 5.41) is 0. The predicted octanol–water partition coefficient (Wildman–Crippen LogP) is 2.43. The number of fused-ring (bicyclic) bond motifs is 2. The number of methoxy groups -OCH3 is 1. The average Bonchev–Trinajstić information content (AvgIpc) is 3.28. The van der Waals surface area contributed by atoms with Crippen LogP contribution in [0, 0.1) is 0 Å². The standard InChI is InChI=1S/C19H14N6O2/c1-27-13-7-5-12(6-8-13)25-18-14(22-19(25)26)10-21-17(23-18)15-11-20-16-4-2-3-9-24(15)16/h2-11H,1H3,(H,22,26). The number of hydrogen-bond donors (Lipinski definition) is 1. The fourth-order valence-corrected chi connectivity index (χ4v) is 3.09. The van der Waals surface area contributed by atoms with E-state index in [0.717, 1.165) is 11.3 Å². The van der Waals surface area contributed by atoms with E-state index in [-0.39, 0.29) is 5.69 Å². The molecular formula is C19H14N6O2. The summed E-state index contributed by atoms with van der Waals surface area (Å²) in [5.74, 6) is 1.20. The third kappa shape index (κ3) is 2.38. The molecule has 0 spiro atoms. The summed E-state index contributed by atoms with van der Waals surface area (Å²) in [4.78, 5) is 28.7. The molecule has 0 bridgehead atoms. The van der Waals surface area contributed by atoms with E-state index in [1.807, 2.05) is 40.9 Å². The molecule has 0 radical (unpaired) electrons. The molecule has 27 heavy (non-hydrogen) atoms. The SMILES string of the molecule is COc1ccc(-n2c(=O)[nH]c3cnc(-c4cnc5ccccn45)nc32)cc1. The Hall–Kier alpha value is -3.94. The van der Waals surface area contributed by atoms with Gasteiger partial charge in [0.2, 0.25) is 0 Å². The lowest BCUT2D eigenvalue weighted by Crippen LogP contribution is -2.15. The minimum atomic E-state index is -0.278. The van der Waals surface area contributed by atoms with E-state index in [1.54, 1.807) is 31.6 Å². The van der Waals surface area contributed by atoms with Gasteiger partial charge in [-0.05, 0) is 36.4 Å². The second-order valence-electron chi connectivity index (χ2n) is 5.97. The number of hydrogen-bond acceptors (Lipinski definition) is 5. The Morgan fingerprint density at radius 3 is 2.70 bits per heavy atom. The molecule has 0 aliphatic rings. The van der Waals surface area contributed by atoms with E-state index in [2.05, 4.69) is 19.9 Å². The molecular weight excluding hydrogens is 344 g/mol. The highest BCUT2D eigenvalue weighted by Gasteiger charge is 2.14. The fourth-order valence-electron chi connectivity index (χ4n) is 3.09. The summed E-state index contributed by atoms with van der Waals surface area (Å²) in [7, 11) is 1.60. The molecule has 0 aliphatic heterocycles. The summed E-state index contributed by atoms with van der Waals surface area (Å²) in [6.07, 6.45) is 5.24. The number of aromatic amines is 1. The van der Waals surface area contributed by atoms with E-state index >= 15 is 0 Å². The van der Waals surface area contributed by atoms with E-state index in [1.165, 1.54) is 4.57 Å². The van der Waals surface area contributed by atoms with Crippen LogP contribution in [0.5, 0.6) is 5.75 Å². The maximum Gasteiger partial charge on any atom is 0.332 e. The minimum absolute atomic E-state index is 0.278. The molecule has 8 nitrogen and oxygen atoms in total. The monoisotopic (exact) mass is 358 g/mol. The molecule has 8 heteroatoms. The molecule has 5 aromatic rings. The van der Waals surface area contributed by atoms with Crippen molar-refractivity contribution in [3.63, 3.8) is 0 Å². The van der Waals surface area contributed by atoms with Gasteiger partial charge in [0.05, 0.1) is 25.2 Å². The highest BCUT2D eigenvalue weighted by Crippen LogP contribution is 2.21. The van der Waals surface area contributed by atoms with Crippen LogP contribution in [0.25, 0.3) is 34.0 Å². The third-order valence-corrected chi connectivity index (χ3v) is 4.40. The molecule has 4 heterocycles. The molecule has 0 aliphatic carbocycles. The van der Waals surface area contributed by atoms with Crippen molar-refractivity contribution in [2.45, 2.75) is 0 Å². The molecule has 0 saturated carbocycles. The van der Waals surface area contributed by atoms with Crippen LogP contribution in [-0.4, -0.2) is 36.0 Å². The van der Waals surface area contributed by atoms with Gasteiger partial charge in [-0.3, -0.25) is 4.40 Å². The highest BCUT2D eigenvalue weighted by atomic mass is 16.5. The maximum atomic E-state index is 12.5. The highest BCUT2D eigenvalue weighted by molar-refractivity contribution is 5.74. The van der Waals surface area contributed by atoms with Gasteiger partial charge in [0.1, 0.15) is 22.6 Å². The zero-order valence-electron chi connectivity index (χ0n) is 14.3. The van der Waals surface area contributed by atoms with Gasteiger partial charge in [0.25, 0.3) is 0 Å². The predicted molar refractivity (Wildman–Crippen MR) is 100 cm³/mol. The second kappa shape index (κ2) is 5.80. The zero-order valence-corrected chi connectivity index (χ0v) is 14.3. The first-order valence-electron chi connectivity index (χ1n) is 8.29. The lowest BCUT2D eigenvalue weighted by molar-refractivity contribution is 0.414. The molecule has 0 amide bonds. The van der Waals surface area contributed by atoms with E-state index in [0.29, 0.717) is 28.4 Å². The van der Waals surface area contributed by atoms with Crippen molar-refractivity contribution >= 4 is 16.8 Å². The first-order chi connectivity index (χ1) is 13.2. The summed E-state index contributed by atoms with van der Waals surface area (Å²) < 4.78 is 8.61. The van der Waals surface area contributed by atoms with Gasteiger partial charge in [-0.1, -0.05) is 6.07 Å². The number of ether oxygens (including phenoxy) is 1. The average molecular weight is 358 g/mol. The zero-order chi connectivity index (χ0) is 18.4. The number of nitrogens with one attached hydrogen (secondary N) is 1. The Morgan fingerprint density at radius 2 is 1.89 bits per heavy atom. The van der Waals surface area contributed by atoms with Crippen molar-refractivity contribution < 1.29 is 4.74 Å². The molecule has 4 aromatic heterocycles. The number of H-pyrrole nitrogens is 1. The van der Waals surface area contributed by atoms with Gasteiger partial charge in [0.15, 0.2) is 11.5 Å². The van der Waals surface area contributed by atoms with E-state index < -0.39 is 0 Å². The Balaban J connectivity index is 1.72. The molecule has 0 atom stereocenters. The number of imidazole rings is 2. The Kier molecular flexibility index (Phi) is 3.29. The first-order valence-corrected chi connectivity index (χ1v) is 8.29. The van der Waals surface area contributed by atoms with Crippen LogP contribution in [0.3, 0.4) is 0 Å². The number of aromatic nitrogens is 6. The number of benzene rings is 1. The first kappa shape index (κ1) is 15.3. The van der Waals surface area contributed by atoms with Gasteiger partial charge < -0.3 is 9.72 Å². The normalized spacial score (nSPS) is 11.3. The van der Waals surface area contributed by atoms with Crippen LogP contribution in [0.2, 0.25) is 0 Å². The van der Waals surface area contributed by atoms with Crippen molar-refractivity contribution in [1.29, 1.82) is 0 Å². The van der Waals surface area contributed by atoms with Crippen LogP contribution < -0.4 is 10.4 Å². The number of rotatable bonds is 3. The van der Waals surface area contributed by atoms with Crippen LogP contribution in [-0.2, 0) is 0 Å².